The fraction of sp³-hybridized carbons (Fsp3) is 0.438. The lowest BCUT2D eigenvalue weighted by atomic mass is 10.1. The molecule has 1 heterocycles. The number of rotatable bonds is 7. The third-order valence-corrected chi connectivity index (χ3v) is 3.70. The summed E-state index contributed by atoms with van der Waals surface area (Å²) < 4.78 is 1.91. The first-order chi connectivity index (χ1) is 9.96. The monoisotopic (exact) mass is 291 g/mol. The van der Waals surface area contributed by atoms with E-state index in [2.05, 4.69) is 0 Å². The summed E-state index contributed by atoms with van der Waals surface area (Å²) in [5, 5.41) is 22.2. The van der Waals surface area contributed by atoms with Crippen molar-refractivity contribution < 1.29 is 20.3 Å². The second-order valence-corrected chi connectivity index (χ2v) is 6.11. The highest BCUT2D eigenvalue weighted by molar-refractivity contribution is 5.97. The van der Waals surface area contributed by atoms with E-state index in [0.29, 0.717) is 18.7 Å². The number of fused-ring (bicyclic) bond motifs is 1. The van der Waals surface area contributed by atoms with Crippen molar-refractivity contribution in [2.75, 3.05) is 13.2 Å². The second kappa shape index (κ2) is 6.39. The Kier molecular flexibility index (Phi) is 4.77. The summed E-state index contributed by atoms with van der Waals surface area (Å²) in [5.74, 6) is 0. The minimum absolute atomic E-state index is 0.0570. The minimum atomic E-state index is -0.550. The molecule has 4 N–H and O–H groups in total. The van der Waals surface area contributed by atoms with Gasteiger partial charge in [0.1, 0.15) is 18.2 Å². The van der Waals surface area contributed by atoms with E-state index in [1.165, 1.54) is 0 Å². The van der Waals surface area contributed by atoms with Gasteiger partial charge in [0.2, 0.25) is 0 Å². The molecule has 0 amide bonds. The lowest BCUT2D eigenvalue weighted by Crippen LogP contribution is -2.97. The van der Waals surface area contributed by atoms with Crippen LogP contribution in [0.25, 0.3) is 10.9 Å². The average molecular weight is 291 g/mol. The van der Waals surface area contributed by atoms with Gasteiger partial charge in [-0.2, -0.15) is 0 Å². The zero-order valence-corrected chi connectivity index (χ0v) is 12.5. The van der Waals surface area contributed by atoms with E-state index in [1.54, 1.807) is 6.20 Å². The van der Waals surface area contributed by atoms with Crippen LogP contribution >= 0.6 is 0 Å². The number of carbonyl (C=O) groups is 1. The number of aliphatic hydroxyl groups excluding tert-OH is 2. The number of para-hydroxylation sites is 1. The van der Waals surface area contributed by atoms with Gasteiger partial charge in [-0.25, -0.2) is 0 Å². The number of nitrogens with two attached hydrogens (primary N) is 1. The zero-order valence-electron chi connectivity index (χ0n) is 12.5. The van der Waals surface area contributed by atoms with E-state index in [9.17, 15) is 15.0 Å². The van der Waals surface area contributed by atoms with Gasteiger partial charge in [-0.3, -0.25) is 4.79 Å². The molecule has 114 valence electrons. The van der Waals surface area contributed by atoms with E-state index in [4.69, 9.17) is 0 Å². The fourth-order valence-electron chi connectivity index (χ4n) is 2.34. The highest BCUT2D eigenvalue weighted by Gasteiger charge is 2.21. The number of benzene rings is 1. The standard InChI is InChI=1S/C16H22N2O3/c1-16(2,11-20)17-7-13(21)9-18-8-12(10-19)14-5-3-4-6-15(14)18/h3-6,8,10,13,17,20-21H,7,9,11H2,1-2H3/p+1/t13-/m0/s1. The van der Waals surface area contributed by atoms with Gasteiger partial charge < -0.3 is 20.1 Å². The van der Waals surface area contributed by atoms with Gasteiger partial charge in [-0.05, 0) is 19.9 Å². The van der Waals surface area contributed by atoms with Gasteiger partial charge >= 0.3 is 0 Å². The molecule has 0 aliphatic rings. The smallest absolute Gasteiger partial charge is 0.152 e. The summed E-state index contributed by atoms with van der Waals surface area (Å²) in [6.45, 7) is 4.83. The molecule has 2 rings (SSSR count). The molecule has 0 radical (unpaired) electrons. The van der Waals surface area contributed by atoms with E-state index < -0.39 is 6.10 Å². The molecule has 0 unspecified atom stereocenters. The molecule has 0 spiro atoms. The molecule has 21 heavy (non-hydrogen) atoms. The summed E-state index contributed by atoms with van der Waals surface area (Å²) in [5.41, 5.74) is 1.28. The minimum Gasteiger partial charge on any atom is -0.390 e. The number of quaternary nitrogens is 1. The van der Waals surface area contributed by atoms with Crippen molar-refractivity contribution in [1.82, 2.24) is 4.57 Å². The molecule has 1 aromatic heterocycles. The Hall–Kier alpha value is -1.69. The predicted molar refractivity (Wildman–Crippen MR) is 81.3 cm³/mol. The van der Waals surface area contributed by atoms with Crippen LogP contribution < -0.4 is 5.32 Å². The van der Waals surface area contributed by atoms with Gasteiger partial charge in [0.05, 0.1) is 13.2 Å². The summed E-state index contributed by atoms with van der Waals surface area (Å²) in [6.07, 6.45) is 2.07. The van der Waals surface area contributed by atoms with Gasteiger partial charge in [-0.1, -0.05) is 18.2 Å². The van der Waals surface area contributed by atoms with Crippen LogP contribution in [-0.4, -0.2) is 45.9 Å². The predicted octanol–water partition coefficient (Wildman–Crippen LogP) is 0.149. The van der Waals surface area contributed by atoms with E-state index >= 15 is 0 Å². The van der Waals surface area contributed by atoms with Gasteiger partial charge in [0.15, 0.2) is 6.29 Å². The van der Waals surface area contributed by atoms with Crippen molar-refractivity contribution in [3.8, 4) is 0 Å². The number of aliphatic hydroxyl groups is 2. The average Bonchev–Trinajstić information content (AvgIpc) is 2.84. The van der Waals surface area contributed by atoms with E-state index in [1.807, 2.05) is 48.0 Å². The third-order valence-electron chi connectivity index (χ3n) is 3.70. The molecule has 0 aliphatic heterocycles. The molecule has 1 aromatic carbocycles. The second-order valence-electron chi connectivity index (χ2n) is 6.11. The van der Waals surface area contributed by atoms with Crippen LogP contribution in [0.15, 0.2) is 30.5 Å². The number of hydrogen-bond donors (Lipinski definition) is 3. The highest BCUT2D eigenvalue weighted by atomic mass is 16.3. The van der Waals surface area contributed by atoms with Crippen molar-refractivity contribution >= 4 is 17.2 Å². The SMILES string of the molecule is CC(C)(CO)[NH2+]C[C@H](O)Cn1cc(C=O)c2ccccc21. The van der Waals surface area contributed by atoms with Crippen molar-refractivity contribution in [2.24, 2.45) is 0 Å². The van der Waals surface area contributed by atoms with Crippen LogP contribution in [0, 0.1) is 0 Å². The Balaban J connectivity index is 2.11. The topological polar surface area (TPSA) is 79.1 Å². The Bertz CT molecular complexity index is 619. The van der Waals surface area contributed by atoms with Gasteiger partial charge in [0, 0.05) is 22.7 Å². The Morgan fingerprint density at radius 1 is 1.38 bits per heavy atom. The number of aldehydes is 1. The number of hydrogen-bond acceptors (Lipinski definition) is 3. The molecule has 0 fully saturated rings. The molecule has 0 saturated heterocycles. The van der Waals surface area contributed by atoms with E-state index in [0.717, 1.165) is 17.2 Å². The Morgan fingerprint density at radius 3 is 2.76 bits per heavy atom. The molecule has 2 aromatic rings. The molecule has 0 saturated carbocycles. The normalized spacial score (nSPS) is 13.5. The van der Waals surface area contributed by atoms with Crippen LogP contribution in [0.5, 0.6) is 0 Å². The first kappa shape index (κ1) is 15.7. The first-order valence-electron chi connectivity index (χ1n) is 7.13. The lowest BCUT2D eigenvalue weighted by molar-refractivity contribution is -0.727. The zero-order chi connectivity index (χ0) is 15.5. The quantitative estimate of drug-likeness (QED) is 0.635. The Labute approximate surface area is 124 Å². The van der Waals surface area contributed by atoms with Crippen molar-refractivity contribution in [1.29, 1.82) is 0 Å². The van der Waals surface area contributed by atoms with Crippen molar-refractivity contribution in [2.45, 2.75) is 32.0 Å². The maximum atomic E-state index is 11.1. The number of nitrogens with zero attached hydrogens (tertiary/aromatic N) is 1. The van der Waals surface area contributed by atoms with Crippen LogP contribution in [0.2, 0.25) is 0 Å². The first-order valence-corrected chi connectivity index (χ1v) is 7.13. The Morgan fingerprint density at radius 2 is 2.10 bits per heavy atom. The summed E-state index contributed by atoms with van der Waals surface area (Å²) in [6, 6.07) is 7.66. The molecule has 5 heteroatoms. The maximum Gasteiger partial charge on any atom is 0.152 e. The summed E-state index contributed by atoms with van der Waals surface area (Å²) in [7, 11) is 0. The molecular formula is C16H23N2O3+. The van der Waals surface area contributed by atoms with E-state index in [-0.39, 0.29) is 12.1 Å². The van der Waals surface area contributed by atoms with Gasteiger partial charge in [-0.15, -0.1) is 0 Å². The van der Waals surface area contributed by atoms with Crippen LogP contribution in [0.4, 0.5) is 0 Å². The molecular weight excluding hydrogens is 268 g/mol. The molecule has 0 bridgehead atoms. The van der Waals surface area contributed by atoms with Crippen molar-refractivity contribution in [3.05, 3.63) is 36.0 Å². The van der Waals surface area contributed by atoms with Crippen LogP contribution in [0.3, 0.4) is 0 Å². The van der Waals surface area contributed by atoms with Crippen LogP contribution in [-0.2, 0) is 6.54 Å². The summed E-state index contributed by atoms with van der Waals surface area (Å²) >= 11 is 0. The number of aromatic nitrogens is 1. The highest BCUT2D eigenvalue weighted by Crippen LogP contribution is 2.20. The fourth-order valence-corrected chi connectivity index (χ4v) is 2.34. The lowest BCUT2D eigenvalue weighted by Gasteiger charge is -2.22. The van der Waals surface area contributed by atoms with Crippen molar-refractivity contribution in [3.63, 3.8) is 0 Å². The number of carbonyl (C=O) groups excluding carboxylic acids is 1. The van der Waals surface area contributed by atoms with Crippen LogP contribution in [0.1, 0.15) is 24.2 Å². The molecule has 0 aliphatic carbocycles. The largest absolute Gasteiger partial charge is 0.390 e. The summed E-state index contributed by atoms with van der Waals surface area (Å²) in [4.78, 5) is 11.1. The molecule has 5 nitrogen and oxygen atoms in total. The molecule has 1 atom stereocenters. The maximum absolute atomic E-state index is 11.1. The van der Waals surface area contributed by atoms with Gasteiger partial charge in [0.25, 0.3) is 0 Å². The third kappa shape index (κ3) is 3.69.